The van der Waals surface area contributed by atoms with Crippen LogP contribution >= 0.6 is 0 Å². The molecule has 7 nitrogen and oxygen atoms in total. The molecule has 0 spiro atoms. The van der Waals surface area contributed by atoms with E-state index in [0.29, 0.717) is 31.6 Å². The zero-order valence-corrected chi connectivity index (χ0v) is 21.5. The van der Waals surface area contributed by atoms with E-state index in [9.17, 15) is 18.0 Å². The summed E-state index contributed by atoms with van der Waals surface area (Å²) in [6.07, 6.45) is 3.89. The van der Waals surface area contributed by atoms with Crippen LogP contribution in [0.15, 0.2) is 54.6 Å². The Kier molecular flexibility index (Phi) is 10.6. The highest BCUT2D eigenvalue weighted by Crippen LogP contribution is 2.19. The van der Waals surface area contributed by atoms with Crippen LogP contribution in [-0.4, -0.2) is 57.1 Å². The minimum absolute atomic E-state index is 0.210. The number of amides is 2. The zero-order valence-electron chi connectivity index (χ0n) is 20.7. The van der Waals surface area contributed by atoms with Crippen molar-refractivity contribution >= 4 is 27.5 Å². The first-order valence-electron chi connectivity index (χ1n) is 11.8. The Morgan fingerprint density at radius 3 is 2.21 bits per heavy atom. The van der Waals surface area contributed by atoms with Crippen molar-refractivity contribution < 1.29 is 18.0 Å². The van der Waals surface area contributed by atoms with Crippen molar-refractivity contribution in [3.05, 3.63) is 65.7 Å². The molecule has 0 aliphatic heterocycles. The van der Waals surface area contributed by atoms with Gasteiger partial charge in [-0.2, -0.15) is 0 Å². The molecule has 0 bridgehead atoms. The first-order valence-corrected chi connectivity index (χ1v) is 13.7. The van der Waals surface area contributed by atoms with E-state index in [0.717, 1.165) is 34.5 Å². The molecule has 34 heavy (non-hydrogen) atoms. The smallest absolute Gasteiger partial charge is 0.244 e. The Hall–Kier alpha value is -2.87. The summed E-state index contributed by atoms with van der Waals surface area (Å²) >= 11 is 0. The number of carbonyl (C=O) groups is 2. The molecule has 0 radical (unpaired) electrons. The Labute approximate surface area is 204 Å². The van der Waals surface area contributed by atoms with E-state index in [4.69, 9.17) is 0 Å². The summed E-state index contributed by atoms with van der Waals surface area (Å²) in [5.74, 6) is -0.613. The molecular formula is C26H37N3O4S. The summed E-state index contributed by atoms with van der Waals surface area (Å²) in [7, 11) is -3.71. The third-order valence-electron chi connectivity index (χ3n) is 5.70. The fourth-order valence-electron chi connectivity index (χ4n) is 3.73. The number of aryl methyl sites for hydroxylation is 1. The number of unbranched alkanes of at least 4 members (excludes halogenated alkanes) is 1. The van der Waals surface area contributed by atoms with Gasteiger partial charge in [0.25, 0.3) is 0 Å². The zero-order chi connectivity index (χ0) is 25.1. The summed E-state index contributed by atoms with van der Waals surface area (Å²) in [4.78, 5) is 28.0. The Balaban J connectivity index is 2.31. The summed E-state index contributed by atoms with van der Waals surface area (Å²) in [6.45, 7) is 6.31. The molecule has 0 fully saturated rings. The first kappa shape index (κ1) is 27.4. The first-order chi connectivity index (χ1) is 16.2. The molecule has 0 saturated heterocycles. The molecule has 2 amide bonds. The molecule has 0 heterocycles. The van der Waals surface area contributed by atoms with Gasteiger partial charge in [-0.1, -0.05) is 68.3 Å². The summed E-state index contributed by atoms with van der Waals surface area (Å²) in [5.41, 5.74) is 2.45. The van der Waals surface area contributed by atoms with Crippen molar-refractivity contribution in [2.45, 2.75) is 52.5 Å². The lowest BCUT2D eigenvalue weighted by molar-refractivity contribution is -0.139. The third kappa shape index (κ3) is 8.17. The van der Waals surface area contributed by atoms with Gasteiger partial charge in [-0.05, 0) is 43.9 Å². The number of carbonyl (C=O) groups excluding carboxylic acids is 2. The van der Waals surface area contributed by atoms with Gasteiger partial charge in [-0.15, -0.1) is 0 Å². The molecule has 0 aliphatic carbocycles. The van der Waals surface area contributed by atoms with Crippen molar-refractivity contribution in [3.8, 4) is 0 Å². The van der Waals surface area contributed by atoms with E-state index >= 15 is 0 Å². The van der Waals surface area contributed by atoms with Gasteiger partial charge in [0.05, 0.1) is 11.9 Å². The van der Waals surface area contributed by atoms with Crippen LogP contribution in [0.2, 0.25) is 0 Å². The van der Waals surface area contributed by atoms with E-state index < -0.39 is 22.0 Å². The van der Waals surface area contributed by atoms with Gasteiger partial charge in [0.15, 0.2) is 0 Å². The monoisotopic (exact) mass is 487 g/mol. The van der Waals surface area contributed by atoms with E-state index in [-0.39, 0.29) is 12.5 Å². The van der Waals surface area contributed by atoms with Crippen LogP contribution in [0.1, 0.15) is 44.2 Å². The minimum Gasteiger partial charge on any atom is -0.354 e. The molecule has 0 aromatic heterocycles. The average Bonchev–Trinajstić information content (AvgIpc) is 2.80. The topological polar surface area (TPSA) is 86.8 Å². The number of hydrogen-bond donors (Lipinski definition) is 1. The second kappa shape index (κ2) is 13.1. The van der Waals surface area contributed by atoms with E-state index in [2.05, 4.69) is 5.32 Å². The van der Waals surface area contributed by atoms with Crippen LogP contribution in [0, 0.1) is 6.92 Å². The van der Waals surface area contributed by atoms with Crippen LogP contribution < -0.4 is 9.62 Å². The standard InChI is InChI=1S/C26H37N3O4S/c1-5-7-18-27-26(31)24(6-2)28(19-17-22-11-9-8-10-12-22)25(30)20-29(34(4,32)33)23-15-13-21(3)14-16-23/h8-16,24H,5-7,17-20H2,1-4H3,(H,27,31)/t24-/m1/s1. The highest BCUT2D eigenvalue weighted by atomic mass is 32.2. The van der Waals surface area contributed by atoms with Gasteiger partial charge in [0.1, 0.15) is 12.6 Å². The van der Waals surface area contributed by atoms with Crippen LogP contribution in [0.4, 0.5) is 5.69 Å². The molecule has 0 aliphatic rings. The third-order valence-corrected chi connectivity index (χ3v) is 6.84. The number of benzene rings is 2. The van der Waals surface area contributed by atoms with Gasteiger partial charge >= 0.3 is 0 Å². The molecule has 186 valence electrons. The lowest BCUT2D eigenvalue weighted by Gasteiger charge is -2.33. The maximum atomic E-state index is 13.5. The lowest BCUT2D eigenvalue weighted by Crippen LogP contribution is -2.53. The van der Waals surface area contributed by atoms with E-state index in [1.807, 2.05) is 51.1 Å². The molecule has 1 N–H and O–H groups in total. The number of anilines is 1. The van der Waals surface area contributed by atoms with E-state index in [1.54, 1.807) is 24.3 Å². The second-order valence-corrected chi connectivity index (χ2v) is 10.4. The maximum Gasteiger partial charge on any atom is 0.244 e. The molecule has 0 unspecified atom stereocenters. The second-order valence-electron chi connectivity index (χ2n) is 8.50. The highest BCUT2D eigenvalue weighted by molar-refractivity contribution is 7.92. The average molecular weight is 488 g/mol. The van der Waals surface area contributed by atoms with Gasteiger partial charge in [0, 0.05) is 13.1 Å². The van der Waals surface area contributed by atoms with Crippen LogP contribution in [-0.2, 0) is 26.0 Å². The van der Waals surface area contributed by atoms with Crippen molar-refractivity contribution in [2.75, 3.05) is 30.2 Å². The van der Waals surface area contributed by atoms with E-state index in [1.165, 1.54) is 4.90 Å². The Bertz CT molecular complexity index is 1020. The van der Waals surface area contributed by atoms with Gasteiger partial charge in [-0.3, -0.25) is 13.9 Å². The molecule has 1 atom stereocenters. The summed E-state index contributed by atoms with van der Waals surface area (Å²) in [6, 6.07) is 16.0. The van der Waals surface area contributed by atoms with Crippen molar-refractivity contribution in [2.24, 2.45) is 0 Å². The molecule has 2 rings (SSSR count). The van der Waals surface area contributed by atoms with Crippen molar-refractivity contribution in [1.29, 1.82) is 0 Å². The molecule has 2 aromatic rings. The maximum absolute atomic E-state index is 13.5. The Morgan fingerprint density at radius 1 is 1.00 bits per heavy atom. The Morgan fingerprint density at radius 2 is 1.65 bits per heavy atom. The number of nitrogens with zero attached hydrogens (tertiary/aromatic N) is 2. The number of nitrogens with one attached hydrogen (secondary N) is 1. The quantitative estimate of drug-likeness (QED) is 0.438. The van der Waals surface area contributed by atoms with Crippen LogP contribution in [0.25, 0.3) is 0 Å². The van der Waals surface area contributed by atoms with Gasteiger partial charge in [-0.25, -0.2) is 8.42 Å². The van der Waals surface area contributed by atoms with Gasteiger partial charge < -0.3 is 10.2 Å². The predicted molar refractivity (Wildman–Crippen MR) is 137 cm³/mol. The fourth-order valence-corrected chi connectivity index (χ4v) is 4.58. The van der Waals surface area contributed by atoms with Crippen molar-refractivity contribution in [1.82, 2.24) is 10.2 Å². The lowest BCUT2D eigenvalue weighted by atomic mass is 10.1. The summed E-state index contributed by atoms with van der Waals surface area (Å²) in [5, 5.41) is 2.92. The molecular weight excluding hydrogens is 450 g/mol. The minimum atomic E-state index is -3.71. The predicted octanol–water partition coefficient (Wildman–Crippen LogP) is 3.53. The normalized spacial score (nSPS) is 12.1. The molecule has 2 aromatic carbocycles. The van der Waals surface area contributed by atoms with Crippen molar-refractivity contribution in [3.63, 3.8) is 0 Å². The number of hydrogen-bond acceptors (Lipinski definition) is 4. The fraction of sp³-hybridized carbons (Fsp3) is 0.462. The van der Waals surface area contributed by atoms with Gasteiger partial charge in [0.2, 0.25) is 21.8 Å². The highest BCUT2D eigenvalue weighted by Gasteiger charge is 2.31. The van der Waals surface area contributed by atoms with Crippen LogP contribution in [0.5, 0.6) is 0 Å². The SMILES string of the molecule is CCCCNC(=O)[C@@H](CC)N(CCc1ccccc1)C(=O)CN(c1ccc(C)cc1)S(C)(=O)=O. The number of sulfonamides is 1. The molecule has 0 saturated carbocycles. The van der Waals surface area contributed by atoms with Crippen LogP contribution in [0.3, 0.4) is 0 Å². The number of rotatable bonds is 13. The molecule has 8 heteroatoms. The summed E-state index contributed by atoms with van der Waals surface area (Å²) < 4.78 is 26.3. The largest absolute Gasteiger partial charge is 0.354 e.